The zero-order valence-electron chi connectivity index (χ0n) is 22.1. The second-order valence-electron chi connectivity index (χ2n) is 9.50. The summed E-state index contributed by atoms with van der Waals surface area (Å²) >= 11 is 3.53. The van der Waals surface area contributed by atoms with Gasteiger partial charge in [0.05, 0.1) is 13.2 Å². The van der Waals surface area contributed by atoms with E-state index < -0.39 is 6.09 Å². The van der Waals surface area contributed by atoms with Crippen LogP contribution in [0.15, 0.2) is 82.2 Å². The summed E-state index contributed by atoms with van der Waals surface area (Å²) < 4.78 is 6.27. The number of hydrogen-bond acceptors (Lipinski definition) is 5. The zero-order valence-corrected chi connectivity index (χ0v) is 23.7. The number of likely N-dealkylation sites (N-methyl/N-ethyl adjacent to an activating group) is 1. The number of amides is 2. The molecule has 1 unspecified atom stereocenters. The Balaban J connectivity index is 1.31. The number of nitrogens with one attached hydrogen (secondary N) is 3. The van der Waals surface area contributed by atoms with Gasteiger partial charge in [-0.05, 0) is 65.4 Å². The fourth-order valence-electron chi connectivity index (χ4n) is 4.31. The maximum absolute atomic E-state index is 12.8. The van der Waals surface area contributed by atoms with E-state index in [9.17, 15) is 14.4 Å². The summed E-state index contributed by atoms with van der Waals surface area (Å²) in [6.07, 6.45) is 1.07. The van der Waals surface area contributed by atoms with E-state index >= 15 is 0 Å². The monoisotopic (exact) mass is 590 g/mol. The van der Waals surface area contributed by atoms with Crippen molar-refractivity contribution in [2.45, 2.75) is 26.3 Å². The largest absolute Gasteiger partial charge is 0.449 e. The van der Waals surface area contributed by atoms with Crippen molar-refractivity contribution in [3.05, 3.63) is 104 Å². The van der Waals surface area contributed by atoms with E-state index in [1.807, 2.05) is 68.4 Å². The molecule has 0 saturated heterocycles. The topological polar surface area (TPSA) is 104 Å². The van der Waals surface area contributed by atoms with Crippen molar-refractivity contribution in [1.82, 2.24) is 9.88 Å². The van der Waals surface area contributed by atoms with E-state index in [4.69, 9.17) is 4.74 Å². The number of ether oxygens (including phenoxy) is 1. The molecule has 1 atom stereocenters. The van der Waals surface area contributed by atoms with Crippen LogP contribution in [0.4, 0.5) is 16.2 Å². The molecule has 4 aromatic rings. The third-order valence-corrected chi connectivity index (χ3v) is 7.30. The van der Waals surface area contributed by atoms with Crippen LogP contribution >= 0.6 is 15.9 Å². The van der Waals surface area contributed by atoms with Crippen molar-refractivity contribution in [1.29, 1.82) is 0 Å². The molecule has 0 aliphatic heterocycles. The number of benzene rings is 3. The van der Waals surface area contributed by atoms with Gasteiger partial charge in [0.1, 0.15) is 0 Å². The summed E-state index contributed by atoms with van der Waals surface area (Å²) in [4.78, 5) is 41.5. The first-order valence-corrected chi connectivity index (χ1v) is 13.4. The van der Waals surface area contributed by atoms with Crippen LogP contribution < -0.4 is 16.2 Å². The normalized spacial score (nSPS) is 11.6. The number of anilines is 2. The average molecular weight is 592 g/mol. The summed E-state index contributed by atoms with van der Waals surface area (Å²) in [6, 6.07) is 20.7. The number of aryl methyl sites for hydroxylation is 1. The lowest BCUT2D eigenvalue weighted by atomic mass is 9.97. The quantitative estimate of drug-likeness (QED) is 0.221. The molecule has 3 N–H and O–H groups in total. The molecule has 0 saturated carbocycles. The summed E-state index contributed by atoms with van der Waals surface area (Å²) in [5.41, 5.74) is 4.21. The Morgan fingerprint density at radius 3 is 2.62 bits per heavy atom. The van der Waals surface area contributed by atoms with Crippen molar-refractivity contribution in [2.75, 3.05) is 30.8 Å². The summed E-state index contributed by atoms with van der Waals surface area (Å²) in [6.45, 7) is 4.71. The molecule has 9 heteroatoms. The molecule has 0 fully saturated rings. The van der Waals surface area contributed by atoms with E-state index in [-0.39, 0.29) is 30.5 Å². The number of halogens is 1. The van der Waals surface area contributed by atoms with Crippen LogP contribution in [0, 0.1) is 6.92 Å². The molecule has 0 bridgehead atoms. The molecular formula is C30H31BrN4O4. The highest BCUT2D eigenvalue weighted by Crippen LogP contribution is 2.24. The number of hydrogen-bond donors (Lipinski definition) is 3. The maximum atomic E-state index is 12.8. The number of H-pyrrole nitrogens is 1. The van der Waals surface area contributed by atoms with E-state index in [2.05, 4.69) is 31.5 Å². The molecule has 4 rings (SSSR count). The Morgan fingerprint density at radius 1 is 1.05 bits per heavy atom. The second-order valence-corrected chi connectivity index (χ2v) is 10.4. The van der Waals surface area contributed by atoms with Crippen molar-refractivity contribution in [2.24, 2.45) is 0 Å². The van der Waals surface area contributed by atoms with E-state index in [0.29, 0.717) is 23.3 Å². The number of rotatable bonds is 9. The number of carbonyl (C=O) groups excluding carboxylic acids is 2. The fraction of sp³-hybridized carbons (Fsp3) is 0.233. The Morgan fingerprint density at radius 2 is 1.82 bits per heavy atom. The van der Waals surface area contributed by atoms with Crippen LogP contribution in [0.25, 0.3) is 10.8 Å². The van der Waals surface area contributed by atoms with Crippen LogP contribution in [0.5, 0.6) is 0 Å². The second kappa shape index (κ2) is 12.6. The predicted molar refractivity (Wildman–Crippen MR) is 158 cm³/mol. The number of nitrogens with zero attached hydrogens (tertiary/aromatic N) is 1. The lowest BCUT2D eigenvalue weighted by Crippen LogP contribution is -2.32. The minimum absolute atomic E-state index is 0.0632. The van der Waals surface area contributed by atoms with Crippen LogP contribution in [0.3, 0.4) is 0 Å². The molecule has 8 nitrogen and oxygen atoms in total. The summed E-state index contributed by atoms with van der Waals surface area (Å²) in [5.74, 6) is -0.0621. The van der Waals surface area contributed by atoms with Crippen LogP contribution in [-0.4, -0.2) is 42.1 Å². The highest BCUT2D eigenvalue weighted by molar-refractivity contribution is 9.10. The van der Waals surface area contributed by atoms with Gasteiger partial charge in [0.25, 0.3) is 5.56 Å². The highest BCUT2D eigenvalue weighted by Gasteiger charge is 2.14. The van der Waals surface area contributed by atoms with Crippen molar-refractivity contribution < 1.29 is 14.3 Å². The third-order valence-electron chi connectivity index (χ3n) is 6.53. The molecule has 0 spiro atoms. The van der Waals surface area contributed by atoms with Crippen LogP contribution in [0.2, 0.25) is 0 Å². The SMILES string of the molecule is Cc1ccccc1C(C)COC(=O)Nc1ccc(Br)c(CN(C)C(=O)CNc2ccc3cc[nH]c(=O)c3c2)c1. The zero-order chi connectivity index (χ0) is 27.9. The first-order chi connectivity index (χ1) is 18.7. The maximum Gasteiger partial charge on any atom is 0.411 e. The molecule has 0 aliphatic rings. The summed E-state index contributed by atoms with van der Waals surface area (Å²) in [7, 11) is 1.71. The number of aromatic amines is 1. The number of fused-ring (bicyclic) bond motifs is 1. The van der Waals surface area contributed by atoms with Gasteiger partial charge in [-0.15, -0.1) is 0 Å². The smallest absolute Gasteiger partial charge is 0.411 e. The molecule has 1 aromatic heterocycles. The van der Waals surface area contributed by atoms with Gasteiger partial charge in [0.2, 0.25) is 5.91 Å². The van der Waals surface area contributed by atoms with Gasteiger partial charge in [0.15, 0.2) is 0 Å². The van der Waals surface area contributed by atoms with E-state index in [1.165, 1.54) is 0 Å². The molecule has 202 valence electrons. The van der Waals surface area contributed by atoms with Crippen LogP contribution in [-0.2, 0) is 16.1 Å². The fourth-order valence-corrected chi connectivity index (χ4v) is 4.68. The number of pyridine rings is 1. The molecule has 39 heavy (non-hydrogen) atoms. The minimum Gasteiger partial charge on any atom is -0.449 e. The van der Waals surface area contributed by atoms with Crippen molar-refractivity contribution in [3.8, 4) is 0 Å². The lowest BCUT2D eigenvalue weighted by Gasteiger charge is -2.20. The first-order valence-electron chi connectivity index (χ1n) is 12.6. The Labute approximate surface area is 235 Å². The third kappa shape index (κ3) is 7.26. The molecule has 2 amide bonds. The molecule has 0 aliphatic carbocycles. The highest BCUT2D eigenvalue weighted by atomic mass is 79.9. The van der Waals surface area contributed by atoms with E-state index in [0.717, 1.165) is 26.5 Å². The van der Waals surface area contributed by atoms with E-state index in [1.54, 1.807) is 30.3 Å². The molecule has 0 radical (unpaired) electrons. The standard InChI is InChI=1S/C30H31BrN4O4/c1-19-6-4-5-7-25(19)20(2)18-39-30(38)34-24-10-11-27(31)22(14-24)17-35(3)28(36)16-33-23-9-8-21-12-13-32-29(37)26(21)15-23/h4-15,20,33H,16-18H2,1-3H3,(H,32,37)(H,34,38). The molecule has 1 heterocycles. The van der Waals surface area contributed by atoms with Crippen molar-refractivity contribution >= 4 is 50.1 Å². The molecule has 3 aromatic carbocycles. The minimum atomic E-state index is -0.536. The number of carbonyl (C=O) groups is 2. The Hall–Kier alpha value is -4.11. The van der Waals surface area contributed by atoms with Gasteiger partial charge in [-0.2, -0.15) is 0 Å². The lowest BCUT2D eigenvalue weighted by molar-refractivity contribution is -0.128. The van der Waals surface area contributed by atoms with Gasteiger partial charge < -0.3 is 19.9 Å². The predicted octanol–water partition coefficient (Wildman–Crippen LogP) is 6.02. The Kier molecular flexibility index (Phi) is 9.03. The average Bonchev–Trinajstić information content (AvgIpc) is 2.92. The Bertz CT molecular complexity index is 1550. The van der Waals surface area contributed by atoms with Gasteiger partial charge in [-0.3, -0.25) is 14.9 Å². The molecular weight excluding hydrogens is 560 g/mol. The van der Waals surface area contributed by atoms with Crippen LogP contribution in [0.1, 0.15) is 29.5 Å². The van der Waals surface area contributed by atoms with Crippen molar-refractivity contribution in [3.63, 3.8) is 0 Å². The van der Waals surface area contributed by atoms with Gasteiger partial charge in [0, 0.05) is 46.9 Å². The number of aromatic nitrogens is 1. The van der Waals surface area contributed by atoms with Gasteiger partial charge >= 0.3 is 6.09 Å². The first kappa shape index (κ1) is 27.9. The van der Waals surface area contributed by atoms with Gasteiger partial charge in [-0.1, -0.05) is 53.2 Å². The van der Waals surface area contributed by atoms with Gasteiger partial charge in [-0.25, -0.2) is 4.79 Å². The summed E-state index contributed by atoms with van der Waals surface area (Å²) in [5, 5.41) is 7.25.